The van der Waals surface area contributed by atoms with Crippen molar-refractivity contribution >= 4 is 21.6 Å². The minimum Gasteiger partial charge on any atom is -0.337 e. The molecule has 0 spiro atoms. The Bertz CT molecular complexity index is 627. The predicted molar refractivity (Wildman–Crippen MR) is 79.2 cm³/mol. The summed E-state index contributed by atoms with van der Waals surface area (Å²) in [6.45, 7) is 1.31. The molecule has 0 bridgehead atoms. The maximum atomic E-state index is 10.9. The highest BCUT2D eigenvalue weighted by molar-refractivity contribution is 9.10. The molecule has 0 N–H and O–H groups in total. The van der Waals surface area contributed by atoms with Crippen molar-refractivity contribution in [3.05, 3.63) is 56.6 Å². The highest BCUT2D eigenvalue weighted by Crippen LogP contribution is 2.26. The molecule has 2 aromatic rings. The number of imidazole rings is 1. The molecule has 0 amide bonds. The molecule has 0 radical (unpaired) electrons. The van der Waals surface area contributed by atoms with Crippen LogP contribution in [0.4, 0.5) is 5.69 Å². The molecule has 0 aliphatic heterocycles. The third-order valence-corrected chi connectivity index (χ3v) is 3.66. The highest BCUT2D eigenvalue weighted by Gasteiger charge is 2.13. The van der Waals surface area contributed by atoms with Gasteiger partial charge in [-0.1, -0.05) is 6.07 Å². The first kappa shape index (κ1) is 14.7. The average molecular weight is 339 g/mol. The fraction of sp³-hybridized carbons (Fsp3) is 0.308. The summed E-state index contributed by atoms with van der Waals surface area (Å²) in [6.07, 6.45) is 3.65. The van der Waals surface area contributed by atoms with E-state index in [2.05, 4.69) is 25.8 Å². The van der Waals surface area contributed by atoms with Crippen LogP contribution in [0.3, 0.4) is 0 Å². The van der Waals surface area contributed by atoms with Gasteiger partial charge in [-0.2, -0.15) is 0 Å². The van der Waals surface area contributed by atoms with Crippen molar-refractivity contribution < 1.29 is 4.92 Å². The number of hydrogen-bond acceptors (Lipinski definition) is 4. The summed E-state index contributed by atoms with van der Waals surface area (Å²) < 4.78 is 2.46. The number of rotatable bonds is 5. The fourth-order valence-corrected chi connectivity index (χ4v) is 2.35. The zero-order valence-electron chi connectivity index (χ0n) is 11.3. The molecule has 20 heavy (non-hydrogen) atoms. The number of halogens is 1. The molecule has 6 nitrogen and oxygen atoms in total. The maximum absolute atomic E-state index is 10.9. The normalized spacial score (nSPS) is 11.0. The Morgan fingerprint density at radius 3 is 2.80 bits per heavy atom. The molecule has 1 heterocycles. The van der Waals surface area contributed by atoms with Gasteiger partial charge in [-0.15, -0.1) is 0 Å². The van der Waals surface area contributed by atoms with E-state index in [1.54, 1.807) is 18.3 Å². The van der Waals surface area contributed by atoms with Gasteiger partial charge in [-0.25, -0.2) is 4.98 Å². The summed E-state index contributed by atoms with van der Waals surface area (Å²) in [6, 6.07) is 5.19. The minimum absolute atomic E-state index is 0.0906. The van der Waals surface area contributed by atoms with Crippen LogP contribution in [0.2, 0.25) is 0 Å². The van der Waals surface area contributed by atoms with E-state index in [1.165, 1.54) is 0 Å². The van der Waals surface area contributed by atoms with Crippen LogP contribution in [0.15, 0.2) is 35.1 Å². The first-order chi connectivity index (χ1) is 9.47. The van der Waals surface area contributed by atoms with Crippen molar-refractivity contribution in [1.82, 2.24) is 14.5 Å². The number of nitrogens with zero attached hydrogens (tertiary/aromatic N) is 4. The monoisotopic (exact) mass is 338 g/mol. The lowest BCUT2D eigenvalue weighted by Gasteiger charge is -2.16. The van der Waals surface area contributed by atoms with E-state index in [4.69, 9.17) is 0 Å². The second kappa shape index (κ2) is 6.15. The number of benzene rings is 1. The van der Waals surface area contributed by atoms with Gasteiger partial charge in [0.1, 0.15) is 5.82 Å². The minimum atomic E-state index is -0.383. The summed E-state index contributed by atoms with van der Waals surface area (Å²) in [5.41, 5.74) is 0.990. The summed E-state index contributed by atoms with van der Waals surface area (Å²) >= 11 is 3.19. The van der Waals surface area contributed by atoms with Crippen LogP contribution >= 0.6 is 15.9 Å². The Morgan fingerprint density at radius 2 is 2.20 bits per heavy atom. The van der Waals surface area contributed by atoms with E-state index in [0.29, 0.717) is 17.6 Å². The molecule has 1 aromatic heterocycles. The smallest absolute Gasteiger partial charge is 0.283 e. The third kappa shape index (κ3) is 3.43. The molecule has 0 unspecified atom stereocenters. The Labute approximate surface area is 125 Å². The number of hydrogen-bond donors (Lipinski definition) is 0. The zero-order chi connectivity index (χ0) is 14.7. The molecule has 0 aliphatic carbocycles. The first-order valence-electron chi connectivity index (χ1n) is 6.05. The van der Waals surface area contributed by atoms with Crippen molar-refractivity contribution in [3.8, 4) is 0 Å². The number of nitro groups is 1. The second-order valence-corrected chi connectivity index (χ2v) is 5.52. The van der Waals surface area contributed by atoms with Gasteiger partial charge >= 0.3 is 0 Å². The lowest BCUT2D eigenvalue weighted by molar-refractivity contribution is -0.385. The SMILES string of the molecule is CN(Cc1ccc(Br)c([N+](=O)[O-])c1)Cc1nccn1C. The standard InChI is InChI=1S/C13H15BrN4O2/c1-16(9-13-15-5-6-17(13)2)8-10-3-4-11(14)12(7-10)18(19)20/h3-7H,8-9H2,1-2H3. The van der Waals surface area contributed by atoms with E-state index in [0.717, 1.165) is 11.4 Å². The Kier molecular flexibility index (Phi) is 4.51. The number of aromatic nitrogens is 2. The van der Waals surface area contributed by atoms with Crippen LogP contribution in [0, 0.1) is 10.1 Å². The lowest BCUT2D eigenvalue weighted by atomic mass is 10.2. The summed E-state index contributed by atoms with van der Waals surface area (Å²) in [5, 5.41) is 10.9. The predicted octanol–water partition coefficient (Wildman–Crippen LogP) is 2.72. The number of aryl methyl sites for hydroxylation is 1. The van der Waals surface area contributed by atoms with E-state index < -0.39 is 0 Å². The molecule has 0 aliphatic rings. The van der Waals surface area contributed by atoms with Crippen LogP contribution in [-0.2, 0) is 20.1 Å². The van der Waals surface area contributed by atoms with E-state index in [1.807, 2.05) is 30.9 Å². The molecular weight excluding hydrogens is 324 g/mol. The fourth-order valence-electron chi connectivity index (χ4n) is 1.95. The van der Waals surface area contributed by atoms with Gasteiger partial charge in [-0.3, -0.25) is 15.0 Å². The Balaban J connectivity index is 2.08. The number of nitro benzene ring substituents is 1. The van der Waals surface area contributed by atoms with Gasteiger partial charge in [0.15, 0.2) is 0 Å². The Hall–Kier alpha value is -1.73. The van der Waals surface area contributed by atoms with Gasteiger partial charge in [0, 0.05) is 32.1 Å². The topological polar surface area (TPSA) is 64.2 Å². The third-order valence-electron chi connectivity index (χ3n) is 2.99. The second-order valence-electron chi connectivity index (χ2n) is 4.67. The van der Waals surface area contributed by atoms with Crippen LogP contribution in [0.1, 0.15) is 11.4 Å². The zero-order valence-corrected chi connectivity index (χ0v) is 12.9. The van der Waals surface area contributed by atoms with Gasteiger partial charge < -0.3 is 4.57 Å². The largest absolute Gasteiger partial charge is 0.337 e. The van der Waals surface area contributed by atoms with Crippen molar-refractivity contribution in [2.45, 2.75) is 13.1 Å². The summed E-state index contributed by atoms with van der Waals surface area (Å²) in [4.78, 5) is 16.9. The van der Waals surface area contributed by atoms with Crippen LogP contribution in [0.5, 0.6) is 0 Å². The molecule has 0 atom stereocenters. The van der Waals surface area contributed by atoms with Gasteiger partial charge in [0.25, 0.3) is 5.69 Å². The average Bonchev–Trinajstić information content (AvgIpc) is 2.77. The van der Waals surface area contributed by atoms with Crippen molar-refractivity contribution in [1.29, 1.82) is 0 Å². The van der Waals surface area contributed by atoms with E-state index >= 15 is 0 Å². The van der Waals surface area contributed by atoms with Crippen molar-refractivity contribution in [3.63, 3.8) is 0 Å². The Morgan fingerprint density at radius 1 is 1.45 bits per heavy atom. The highest BCUT2D eigenvalue weighted by atomic mass is 79.9. The molecule has 2 rings (SSSR count). The lowest BCUT2D eigenvalue weighted by Crippen LogP contribution is -2.19. The van der Waals surface area contributed by atoms with Crippen LogP contribution < -0.4 is 0 Å². The van der Waals surface area contributed by atoms with Gasteiger partial charge in [-0.05, 0) is 34.6 Å². The quantitative estimate of drug-likeness (QED) is 0.621. The molecule has 106 valence electrons. The maximum Gasteiger partial charge on any atom is 0.283 e. The molecule has 7 heteroatoms. The van der Waals surface area contributed by atoms with Crippen LogP contribution in [-0.4, -0.2) is 26.4 Å². The first-order valence-corrected chi connectivity index (χ1v) is 6.84. The molecular formula is C13H15BrN4O2. The van der Waals surface area contributed by atoms with Gasteiger partial charge in [0.2, 0.25) is 0 Å². The van der Waals surface area contributed by atoms with E-state index in [9.17, 15) is 10.1 Å². The van der Waals surface area contributed by atoms with Crippen LogP contribution in [0.25, 0.3) is 0 Å². The summed E-state index contributed by atoms with van der Waals surface area (Å²) in [5.74, 6) is 0.958. The molecule has 1 aromatic carbocycles. The molecule has 0 saturated heterocycles. The van der Waals surface area contributed by atoms with Crippen molar-refractivity contribution in [2.24, 2.45) is 7.05 Å². The molecule has 0 saturated carbocycles. The van der Waals surface area contributed by atoms with Crippen molar-refractivity contribution in [2.75, 3.05) is 7.05 Å². The van der Waals surface area contributed by atoms with E-state index in [-0.39, 0.29) is 10.6 Å². The summed E-state index contributed by atoms with van der Waals surface area (Å²) in [7, 11) is 3.91. The molecule has 0 fully saturated rings. The van der Waals surface area contributed by atoms with Gasteiger partial charge in [0.05, 0.1) is 15.9 Å².